The van der Waals surface area contributed by atoms with Crippen LogP contribution in [0.4, 0.5) is 10.1 Å². The molecule has 39 heavy (non-hydrogen) atoms. The Bertz CT molecular complexity index is 1450. The van der Waals surface area contributed by atoms with E-state index in [0.29, 0.717) is 45.9 Å². The summed E-state index contributed by atoms with van der Waals surface area (Å²) in [4.78, 5) is 28.3. The van der Waals surface area contributed by atoms with Crippen molar-refractivity contribution in [2.45, 2.75) is 49.9 Å². The zero-order valence-corrected chi connectivity index (χ0v) is 22.8. The Labute approximate surface area is 233 Å². The molecule has 0 bridgehead atoms. The summed E-state index contributed by atoms with van der Waals surface area (Å²) >= 11 is 3.61. The van der Waals surface area contributed by atoms with Crippen molar-refractivity contribution in [3.63, 3.8) is 0 Å². The van der Waals surface area contributed by atoms with Gasteiger partial charge < -0.3 is 14.8 Å². The number of anilines is 1. The van der Waals surface area contributed by atoms with Gasteiger partial charge >= 0.3 is 0 Å². The van der Waals surface area contributed by atoms with Gasteiger partial charge in [0, 0.05) is 28.8 Å². The molecule has 1 N–H and O–H groups in total. The van der Waals surface area contributed by atoms with Crippen LogP contribution in [0.25, 0.3) is 0 Å². The quantitative estimate of drug-likeness (QED) is 0.281. The molecule has 0 unspecified atom stereocenters. The molecular formula is C29H27BrFN3O5. The molecule has 3 aliphatic rings. The molecule has 3 aromatic rings. The molecular weight excluding hydrogens is 569 g/mol. The zero-order chi connectivity index (χ0) is 27.3. The van der Waals surface area contributed by atoms with E-state index >= 15 is 0 Å². The third kappa shape index (κ3) is 4.00. The molecule has 6 rings (SSSR count). The lowest BCUT2D eigenvalue weighted by Gasteiger charge is -2.32. The van der Waals surface area contributed by atoms with Gasteiger partial charge in [-0.05, 0) is 77.2 Å². The first-order valence-corrected chi connectivity index (χ1v) is 13.8. The molecule has 4 atom stereocenters. The van der Waals surface area contributed by atoms with E-state index < -0.39 is 17.5 Å². The minimum Gasteiger partial charge on any atom is -0.490 e. The van der Waals surface area contributed by atoms with E-state index in [4.69, 9.17) is 9.47 Å². The monoisotopic (exact) mass is 595 g/mol. The lowest BCUT2D eigenvalue weighted by molar-refractivity contribution is -0.534. The average Bonchev–Trinajstić information content (AvgIpc) is 3.57. The van der Waals surface area contributed by atoms with Crippen LogP contribution in [0.1, 0.15) is 42.4 Å². The Morgan fingerprint density at radius 1 is 1.18 bits per heavy atom. The fourth-order valence-electron chi connectivity index (χ4n) is 6.69. The number of halogens is 2. The summed E-state index contributed by atoms with van der Waals surface area (Å²) < 4.78 is 25.9. The molecule has 3 aromatic carbocycles. The predicted molar refractivity (Wildman–Crippen MR) is 146 cm³/mol. The maximum absolute atomic E-state index is 13.7. The fourth-order valence-corrected chi connectivity index (χ4v) is 7.27. The highest BCUT2D eigenvalue weighted by Crippen LogP contribution is 2.58. The van der Waals surface area contributed by atoms with Crippen LogP contribution >= 0.6 is 15.9 Å². The third-order valence-corrected chi connectivity index (χ3v) is 8.70. The number of nitrogens with zero attached hydrogens (tertiary/aromatic N) is 2. The van der Waals surface area contributed by atoms with E-state index in [1.807, 2.05) is 37.3 Å². The second-order valence-electron chi connectivity index (χ2n) is 10.1. The summed E-state index contributed by atoms with van der Waals surface area (Å²) in [5.74, 6) is -0.312. The second kappa shape index (κ2) is 9.91. The highest BCUT2D eigenvalue weighted by molar-refractivity contribution is 9.10. The summed E-state index contributed by atoms with van der Waals surface area (Å²) in [5, 5.41) is 15.8. The van der Waals surface area contributed by atoms with Crippen LogP contribution < -0.4 is 14.8 Å². The topological polar surface area (TPSA) is 93.9 Å². The van der Waals surface area contributed by atoms with Gasteiger partial charge in [-0.3, -0.25) is 19.8 Å². The van der Waals surface area contributed by atoms with Crippen LogP contribution in [-0.2, 0) is 16.9 Å². The number of nitrogens with one attached hydrogen (secondary N) is 1. The van der Waals surface area contributed by atoms with E-state index in [2.05, 4.69) is 26.1 Å². The smallest absolute Gasteiger partial charge is 0.256 e. The van der Waals surface area contributed by atoms with Gasteiger partial charge in [0.2, 0.25) is 0 Å². The Kier molecular flexibility index (Phi) is 6.55. The Balaban J connectivity index is 1.43. The van der Waals surface area contributed by atoms with Crippen molar-refractivity contribution in [1.82, 2.24) is 4.90 Å². The van der Waals surface area contributed by atoms with Crippen LogP contribution in [0.15, 0.2) is 65.1 Å². The van der Waals surface area contributed by atoms with Crippen LogP contribution in [0, 0.1) is 15.9 Å². The standard InChI is InChI=1S/C29H27BrFN3O5/c1-2-38-24-15-18(14-21(30)26(24)39-16-17-9-11-19(31)12-10-17)25-23-8-5-13-33(23)29(27(25)34(36)37)20-6-3-4-7-22(20)32-28(29)35/h3-4,6-7,9-12,14-15,23,25,27H,2,5,8,13,16H2,1H3,(H,32,35)/t23-,25+,27+,29-/m0/s1. The predicted octanol–water partition coefficient (Wildman–Crippen LogP) is 5.62. The molecule has 0 saturated carbocycles. The lowest BCUT2D eigenvalue weighted by Crippen LogP contribution is -2.55. The maximum Gasteiger partial charge on any atom is 0.256 e. The van der Waals surface area contributed by atoms with Crippen molar-refractivity contribution in [2.75, 3.05) is 18.5 Å². The van der Waals surface area contributed by atoms with Gasteiger partial charge in [-0.15, -0.1) is 0 Å². The number of hydrogen-bond acceptors (Lipinski definition) is 6. The van der Waals surface area contributed by atoms with Crippen LogP contribution in [0.5, 0.6) is 11.5 Å². The lowest BCUT2D eigenvalue weighted by atomic mass is 9.77. The van der Waals surface area contributed by atoms with Gasteiger partial charge in [0.1, 0.15) is 12.4 Å². The number of fused-ring (bicyclic) bond motifs is 4. The van der Waals surface area contributed by atoms with Crippen molar-refractivity contribution < 1.29 is 23.6 Å². The van der Waals surface area contributed by atoms with E-state index in [1.54, 1.807) is 18.2 Å². The maximum atomic E-state index is 13.7. The molecule has 2 saturated heterocycles. The van der Waals surface area contributed by atoms with Crippen molar-refractivity contribution in [2.24, 2.45) is 0 Å². The van der Waals surface area contributed by atoms with E-state index in [1.165, 1.54) is 12.1 Å². The number of ether oxygens (including phenoxy) is 2. The first kappa shape index (κ1) is 25.8. The van der Waals surface area contributed by atoms with Gasteiger partial charge in [-0.25, -0.2) is 4.39 Å². The number of para-hydroxylation sites is 1. The summed E-state index contributed by atoms with van der Waals surface area (Å²) in [5.41, 5.74) is 1.40. The molecule has 202 valence electrons. The minimum atomic E-state index is -1.39. The van der Waals surface area contributed by atoms with Crippen LogP contribution in [0.3, 0.4) is 0 Å². The van der Waals surface area contributed by atoms with Crippen LogP contribution in [0.2, 0.25) is 0 Å². The number of hydrogen-bond donors (Lipinski definition) is 1. The largest absolute Gasteiger partial charge is 0.490 e. The third-order valence-electron chi connectivity index (χ3n) is 8.11. The Hall–Kier alpha value is -3.50. The van der Waals surface area contributed by atoms with Crippen molar-refractivity contribution >= 4 is 27.5 Å². The van der Waals surface area contributed by atoms with Gasteiger partial charge in [-0.1, -0.05) is 30.3 Å². The van der Waals surface area contributed by atoms with E-state index in [-0.39, 0.29) is 29.3 Å². The number of carbonyl (C=O) groups excluding carboxylic acids is 1. The molecule has 0 radical (unpaired) electrons. The molecule has 2 fully saturated rings. The summed E-state index contributed by atoms with van der Waals surface area (Å²) in [6, 6.07) is 15.6. The zero-order valence-electron chi connectivity index (χ0n) is 21.2. The van der Waals surface area contributed by atoms with E-state index in [9.17, 15) is 19.3 Å². The number of amides is 1. The first-order valence-electron chi connectivity index (χ1n) is 13.0. The molecule has 8 nitrogen and oxygen atoms in total. The first-order chi connectivity index (χ1) is 18.9. The van der Waals surface area contributed by atoms with Crippen molar-refractivity contribution in [3.8, 4) is 11.5 Å². The highest BCUT2D eigenvalue weighted by atomic mass is 79.9. The normalized spacial score (nSPS) is 25.4. The molecule has 3 heterocycles. The number of rotatable bonds is 7. The molecule has 0 aliphatic carbocycles. The Morgan fingerprint density at radius 2 is 1.95 bits per heavy atom. The van der Waals surface area contributed by atoms with Crippen molar-refractivity contribution in [3.05, 3.63) is 97.8 Å². The summed E-state index contributed by atoms with van der Waals surface area (Å²) in [6.45, 7) is 3.01. The second-order valence-corrected chi connectivity index (χ2v) is 11.0. The van der Waals surface area contributed by atoms with E-state index in [0.717, 1.165) is 18.4 Å². The molecule has 0 aromatic heterocycles. The summed E-state index contributed by atoms with van der Waals surface area (Å²) in [7, 11) is 0. The average molecular weight is 596 g/mol. The highest BCUT2D eigenvalue weighted by Gasteiger charge is 2.73. The molecule has 10 heteroatoms. The van der Waals surface area contributed by atoms with Gasteiger partial charge in [0.25, 0.3) is 11.9 Å². The van der Waals surface area contributed by atoms with Gasteiger partial charge in [0.05, 0.1) is 17.0 Å². The number of benzene rings is 3. The summed E-state index contributed by atoms with van der Waals surface area (Å²) in [6.07, 6.45) is 1.59. The number of nitro groups is 1. The Morgan fingerprint density at radius 3 is 2.69 bits per heavy atom. The fraction of sp³-hybridized carbons (Fsp3) is 0.345. The molecule has 1 spiro atoms. The minimum absolute atomic E-state index is 0.190. The van der Waals surface area contributed by atoms with Crippen LogP contribution in [-0.4, -0.2) is 41.0 Å². The SMILES string of the molecule is CCOc1cc([C@@H]2[C@@H]3CCCN3[C@]3(C(=O)Nc4ccccc43)[C@@H]2[N+](=O)[O-])cc(Br)c1OCc1ccc(F)cc1. The molecule has 3 aliphatic heterocycles. The molecule has 1 amide bonds. The van der Waals surface area contributed by atoms with Gasteiger partial charge in [-0.2, -0.15) is 0 Å². The number of carbonyl (C=O) groups is 1. The van der Waals surface area contributed by atoms with Crippen molar-refractivity contribution in [1.29, 1.82) is 0 Å². The van der Waals surface area contributed by atoms with Gasteiger partial charge in [0.15, 0.2) is 17.0 Å².